The van der Waals surface area contributed by atoms with Crippen LogP contribution in [-0.4, -0.2) is 21.1 Å². The fourth-order valence-electron chi connectivity index (χ4n) is 4.79. The minimum atomic E-state index is -0.891. The third-order valence-corrected chi connectivity index (χ3v) is 6.47. The highest BCUT2D eigenvalue weighted by atomic mass is 16.2. The van der Waals surface area contributed by atoms with Gasteiger partial charge < -0.3 is 0 Å². The van der Waals surface area contributed by atoms with Crippen molar-refractivity contribution >= 4 is 28.0 Å². The van der Waals surface area contributed by atoms with Gasteiger partial charge >= 0.3 is 0 Å². The number of Topliss-reactive ketones (excluding diaryl/α,β-unsaturated/α-hetero) is 1. The van der Waals surface area contributed by atoms with E-state index in [0.29, 0.717) is 28.8 Å². The number of hydrogen-bond donors (Lipinski definition) is 0. The average molecular weight is 449 g/mol. The van der Waals surface area contributed by atoms with Crippen LogP contribution in [0.15, 0.2) is 89.7 Å². The molecule has 0 fully saturated rings. The summed E-state index contributed by atoms with van der Waals surface area (Å²) in [4.78, 5) is 44.5. The molecule has 4 aromatic rings. The van der Waals surface area contributed by atoms with Crippen LogP contribution in [0, 0.1) is 12.8 Å². The predicted octanol–water partition coefficient (Wildman–Crippen LogP) is 5.04. The van der Waals surface area contributed by atoms with Crippen molar-refractivity contribution in [2.45, 2.75) is 26.2 Å². The smallest absolute Gasteiger partial charge is 0.265 e. The molecule has 0 spiro atoms. The van der Waals surface area contributed by atoms with Crippen molar-refractivity contribution in [1.29, 1.82) is 0 Å². The SMILES string of the molecule is CC(=O)C1C(=O)C=C(c2ccc(C)cc2)CC1c1nc2ccccc2c(=O)n1-c1ccccc1. The zero-order valence-corrected chi connectivity index (χ0v) is 19.1. The maximum absolute atomic E-state index is 13.7. The molecular weight excluding hydrogens is 424 g/mol. The normalized spacial score (nSPS) is 18.1. The Labute approximate surface area is 197 Å². The van der Waals surface area contributed by atoms with E-state index < -0.39 is 11.8 Å². The molecule has 0 saturated carbocycles. The number of benzene rings is 3. The maximum atomic E-state index is 13.7. The van der Waals surface area contributed by atoms with Crippen LogP contribution in [0.3, 0.4) is 0 Å². The number of carbonyl (C=O) groups excluding carboxylic acids is 2. The lowest BCUT2D eigenvalue weighted by molar-refractivity contribution is -0.130. The van der Waals surface area contributed by atoms with Crippen molar-refractivity contribution < 1.29 is 9.59 Å². The lowest BCUT2D eigenvalue weighted by Gasteiger charge is -2.30. The molecule has 2 atom stereocenters. The largest absolute Gasteiger partial charge is 0.299 e. The number of nitrogens with zero attached hydrogens (tertiary/aromatic N) is 2. The van der Waals surface area contributed by atoms with Crippen molar-refractivity contribution in [1.82, 2.24) is 9.55 Å². The molecular formula is C29H24N2O3. The molecule has 1 aliphatic rings. The van der Waals surface area contributed by atoms with Gasteiger partial charge in [0.05, 0.1) is 22.5 Å². The van der Waals surface area contributed by atoms with Gasteiger partial charge in [0.15, 0.2) is 5.78 Å². The summed E-state index contributed by atoms with van der Waals surface area (Å²) >= 11 is 0. The number of fused-ring (bicyclic) bond motifs is 1. The second-order valence-corrected chi connectivity index (χ2v) is 8.80. The van der Waals surface area contributed by atoms with Gasteiger partial charge in [-0.05, 0) is 61.7 Å². The molecule has 0 amide bonds. The van der Waals surface area contributed by atoms with Crippen LogP contribution < -0.4 is 5.56 Å². The van der Waals surface area contributed by atoms with Gasteiger partial charge in [0.25, 0.3) is 5.56 Å². The summed E-state index contributed by atoms with van der Waals surface area (Å²) in [5.74, 6) is -1.50. The fraction of sp³-hybridized carbons (Fsp3) is 0.172. The molecule has 168 valence electrons. The van der Waals surface area contributed by atoms with Crippen molar-refractivity contribution in [2.75, 3.05) is 0 Å². The summed E-state index contributed by atoms with van der Waals surface area (Å²) in [5, 5.41) is 0.492. The molecule has 1 aromatic heterocycles. The van der Waals surface area contributed by atoms with Crippen LogP contribution in [0.5, 0.6) is 0 Å². The van der Waals surface area contributed by atoms with Gasteiger partial charge in [-0.25, -0.2) is 4.98 Å². The maximum Gasteiger partial charge on any atom is 0.265 e. The first-order valence-corrected chi connectivity index (χ1v) is 11.3. The zero-order chi connectivity index (χ0) is 23.8. The Hall–Kier alpha value is -4.12. The molecule has 0 N–H and O–H groups in total. The number of allylic oxidation sites excluding steroid dienone is 2. The number of aromatic nitrogens is 2. The fourth-order valence-corrected chi connectivity index (χ4v) is 4.79. The number of aryl methyl sites for hydroxylation is 1. The molecule has 1 heterocycles. The molecule has 2 unspecified atom stereocenters. The van der Waals surface area contributed by atoms with Crippen LogP contribution in [-0.2, 0) is 9.59 Å². The van der Waals surface area contributed by atoms with Gasteiger partial charge in [-0.1, -0.05) is 60.2 Å². The van der Waals surface area contributed by atoms with Gasteiger partial charge in [-0.2, -0.15) is 0 Å². The van der Waals surface area contributed by atoms with Gasteiger partial charge in [0.2, 0.25) is 0 Å². The summed E-state index contributed by atoms with van der Waals surface area (Å²) in [6.45, 7) is 3.45. The molecule has 5 rings (SSSR count). The lowest BCUT2D eigenvalue weighted by Crippen LogP contribution is -2.35. The standard InChI is InChI=1S/C29H24N2O3/c1-18-12-14-20(15-13-18)21-16-24(27(19(2)32)26(33)17-21)28-30-25-11-7-6-10-23(25)29(34)31(28)22-8-4-3-5-9-22/h3-15,17,24,27H,16H2,1-2H3. The van der Waals surface area contributed by atoms with Crippen LogP contribution >= 0.6 is 0 Å². The predicted molar refractivity (Wildman–Crippen MR) is 133 cm³/mol. The van der Waals surface area contributed by atoms with Crippen molar-refractivity contribution in [3.8, 4) is 5.69 Å². The van der Waals surface area contributed by atoms with Crippen molar-refractivity contribution in [3.63, 3.8) is 0 Å². The Balaban J connectivity index is 1.76. The van der Waals surface area contributed by atoms with Crippen LogP contribution in [0.4, 0.5) is 0 Å². The summed E-state index contributed by atoms with van der Waals surface area (Å²) in [6, 6.07) is 24.4. The van der Waals surface area contributed by atoms with Gasteiger partial charge in [-0.3, -0.25) is 19.0 Å². The first-order valence-electron chi connectivity index (χ1n) is 11.3. The van der Waals surface area contributed by atoms with Crippen LogP contribution in [0.1, 0.15) is 36.2 Å². The first kappa shape index (κ1) is 21.7. The Kier molecular flexibility index (Phi) is 5.54. The molecule has 0 bridgehead atoms. The minimum absolute atomic E-state index is 0.215. The third-order valence-electron chi connectivity index (χ3n) is 6.47. The van der Waals surface area contributed by atoms with E-state index in [1.54, 1.807) is 28.8 Å². The number of carbonyl (C=O) groups is 2. The molecule has 0 aliphatic heterocycles. The molecule has 0 saturated heterocycles. The highest BCUT2D eigenvalue weighted by Gasteiger charge is 2.39. The molecule has 34 heavy (non-hydrogen) atoms. The van der Waals surface area contributed by atoms with Gasteiger partial charge in [-0.15, -0.1) is 0 Å². The Morgan fingerprint density at radius 1 is 0.912 bits per heavy atom. The second kappa shape index (κ2) is 8.67. The van der Waals surface area contributed by atoms with E-state index in [-0.39, 0.29) is 17.1 Å². The van der Waals surface area contributed by atoms with E-state index >= 15 is 0 Å². The van der Waals surface area contributed by atoms with E-state index in [9.17, 15) is 14.4 Å². The summed E-state index contributed by atoms with van der Waals surface area (Å²) in [7, 11) is 0. The molecule has 0 radical (unpaired) electrons. The van der Waals surface area contributed by atoms with Gasteiger partial charge in [0, 0.05) is 5.92 Å². The van der Waals surface area contributed by atoms with Crippen molar-refractivity contribution in [2.24, 2.45) is 5.92 Å². The second-order valence-electron chi connectivity index (χ2n) is 8.80. The molecule has 5 heteroatoms. The van der Waals surface area contributed by atoms with Crippen LogP contribution in [0.25, 0.3) is 22.2 Å². The highest BCUT2D eigenvalue weighted by Crippen LogP contribution is 2.40. The molecule has 1 aliphatic carbocycles. The topological polar surface area (TPSA) is 69.0 Å². The van der Waals surface area contributed by atoms with E-state index in [2.05, 4.69) is 0 Å². The highest BCUT2D eigenvalue weighted by molar-refractivity contribution is 6.12. The van der Waals surface area contributed by atoms with Crippen LogP contribution in [0.2, 0.25) is 0 Å². The number of rotatable bonds is 4. The Morgan fingerprint density at radius 2 is 1.59 bits per heavy atom. The summed E-state index contributed by atoms with van der Waals surface area (Å²) in [5.41, 5.74) is 3.89. The summed E-state index contributed by atoms with van der Waals surface area (Å²) < 4.78 is 1.56. The summed E-state index contributed by atoms with van der Waals surface area (Å²) in [6.07, 6.45) is 2.01. The van der Waals surface area contributed by atoms with E-state index in [4.69, 9.17) is 4.98 Å². The quantitative estimate of drug-likeness (QED) is 0.410. The molecule has 5 nitrogen and oxygen atoms in total. The zero-order valence-electron chi connectivity index (χ0n) is 19.1. The number of hydrogen-bond acceptors (Lipinski definition) is 4. The van der Waals surface area contributed by atoms with Gasteiger partial charge in [0.1, 0.15) is 11.6 Å². The van der Waals surface area contributed by atoms with E-state index in [0.717, 1.165) is 16.7 Å². The minimum Gasteiger partial charge on any atom is -0.299 e. The Bertz CT molecular complexity index is 1500. The lowest BCUT2D eigenvalue weighted by atomic mass is 9.74. The molecule has 3 aromatic carbocycles. The van der Waals surface area contributed by atoms with E-state index in [1.165, 1.54) is 6.92 Å². The number of ketones is 2. The van der Waals surface area contributed by atoms with Crippen molar-refractivity contribution in [3.05, 3.63) is 112 Å². The third kappa shape index (κ3) is 3.79. The Morgan fingerprint density at radius 3 is 2.29 bits per heavy atom. The average Bonchev–Trinajstić information content (AvgIpc) is 2.84. The number of para-hydroxylation sites is 2. The first-order chi connectivity index (χ1) is 16.4. The monoisotopic (exact) mass is 448 g/mol. The van der Waals surface area contributed by atoms with E-state index in [1.807, 2.05) is 67.6 Å².